The fraction of sp³-hybridized carbons (Fsp3) is 0.412. The Labute approximate surface area is 125 Å². The molecule has 0 spiro atoms. The lowest BCUT2D eigenvalue weighted by Crippen LogP contribution is -2.29. The van der Waals surface area contributed by atoms with Gasteiger partial charge < -0.3 is 10.2 Å². The van der Waals surface area contributed by atoms with E-state index < -0.39 is 0 Å². The highest BCUT2D eigenvalue weighted by atomic mass is 16.2. The Morgan fingerprint density at radius 3 is 2.86 bits per heavy atom. The van der Waals surface area contributed by atoms with Gasteiger partial charge in [-0.1, -0.05) is 18.2 Å². The molecule has 0 unspecified atom stereocenters. The number of carbonyl (C=O) groups is 1. The Bertz CT molecular complexity index is 664. The van der Waals surface area contributed by atoms with Gasteiger partial charge in [0.15, 0.2) is 0 Å². The zero-order valence-corrected chi connectivity index (χ0v) is 12.6. The second-order valence-electron chi connectivity index (χ2n) is 5.73. The summed E-state index contributed by atoms with van der Waals surface area (Å²) in [6.45, 7) is 3.71. The second kappa shape index (κ2) is 5.72. The van der Waals surface area contributed by atoms with Crippen LogP contribution in [0.2, 0.25) is 0 Å². The molecular formula is C17H21N3O. The molecule has 1 heterocycles. The summed E-state index contributed by atoms with van der Waals surface area (Å²) in [5.74, 6) is 0.694. The van der Waals surface area contributed by atoms with E-state index in [1.54, 1.807) is 4.90 Å². The van der Waals surface area contributed by atoms with E-state index >= 15 is 0 Å². The molecule has 4 nitrogen and oxygen atoms in total. The summed E-state index contributed by atoms with van der Waals surface area (Å²) >= 11 is 0. The number of pyridine rings is 1. The fourth-order valence-electron chi connectivity index (χ4n) is 2.59. The number of fused-ring (bicyclic) bond motifs is 1. The molecule has 1 amide bonds. The first kappa shape index (κ1) is 13.9. The van der Waals surface area contributed by atoms with Crippen LogP contribution in [-0.4, -0.2) is 35.9 Å². The number of carbonyl (C=O) groups excluding carboxylic acids is 1. The van der Waals surface area contributed by atoms with Gasteiger partial charge in [-0.25, -0.2) is 4.98 Å². The number of amides is 1. The number of hydrogen-bond acceptors (Lipinski definition) is 3. The second-order valence-corrected chi connectivity index (χ2v) is 5.73. The van der Waals surface area contributed by atoms with E-state index in [9.17, 15) is 4.79 Å². The van der Waals surface area contributed by atoms with Crippen LogP contribution in [0.1, 0.15) is 30.3 Å². The number of hydrogen-bond donors (Lipinski definition) is 1. The highest BCUT2D eigenvalue weighted by Gasteiger charge is 2.26. The van der Waals surface area contributed by atoms with Crippen molar-refractivity contribution in [3.8, 4) is 0 Å². The molecule has 0 saturated heterocycles. The first-order valence-corrected chi connectivity index (χ1v) is 7.58. The number of aromatic nitrogens is 1. The van der Waals surface area contributed by atoms with Gasteiger partial charge in [0.05, 0.1) is 5.52 Å². The van der Waals surface area contributed by atoms with Crippen molar-refractivity contribution in [3.63, 3.8) is 0 Å². The summed E-state index contributed by atoms with van der Waals surface area (Å²) < 4.78 is 0. The van der Waals surface area contributed by atoms with Gasteiger partial charge in [-0.15, -0.1) is 0 Å². The molecule has 0 aliphatic heterocycles. The summed E-state index contributed by atoms with van der Waals surface area (Å²) in [4.78, 5) is 18.9. The standard InChI is InChI=1S/C17H21N3O/c1-3-18-15-10-16(17(21)20(2)11-12-8-9-12)19-14-7-5-4-6-13(14)15/h4-7,10,12H,3,8-9,11H2,1-2H3,(H,18,19). The van der Waals surface area contributed by atoms with Gasteiger partial charge in [0.1, 0.15) is 5.69 Å². The number of nitrogens with one attached hydrogen (secondary N) is 1. The average molecular weight is 283 g/mol. The van der Waals surface area contributed by atoms with E-state index in [1.165, 1.54) is 12.8 Å². The van der Waals surface area contributed by atoms with Crippen molar-refractivity contribution in [1.82, 2.24) is 9.88 Å². The van der Waals surface area contributed by atoms with Crippen LogP contribution >= 0.6 is 0 Å². The van der Waals surface area contributed by atoms with E-state index in [0.29, 0.717) is 11.6 Å². The maximum atomic E-state index is 12.5. The molecule has 1 aromatic carbocycles. The Morgan fingerprint density at radius 1 is 1.38 bits per heavy atom. The third kappa shape index (κ3) is 2.99. The first-order chi connectivity index (χ1) is 10.2. The van der Waals surface area contributed by atoms with Crippen molar-refractivity contribution in [2.75, 3.05) is 25.5 Å². The van der Waals surface area contributed by atoms with Crippen LogP contribution in [0.25, 0.3) is 10.9 Å². The zero-order chi connectivity index (χ0) is 14.8. The predicted molar refractivity (Wildman–Crippen MR) is 85.6 cm³/mol. The quantitative estimate of drug-likeness (QED) is 0.917. The molecule has 2 aromatic rings. The Hall–Kier alpha value is -2.10. The minimum Gasteiger partial charge on any atom is -0.385 e. The Kier molecular flexibility index (Phi) is 3.78. The molecule has 110 valence electrons. The van der Waals surface area contributed by atoms with Gasteiger partial charge in [0.2, 0.25) is 0 Å². The Balaban J connectivity index is 1.95. The van der Waals surface area contributed by atoms with Gasteiger partial charge >= 0.3 is 0 Å². The summed E-state index contributed by atoms with van der Waals surface area (Å²) in [7, 11) is 1.87. The minimum atomic E-state index is 0.00630. The average Bonchev–Trinajstić information content (AvgIpc) is 3.30. The molecule has 0 radical (unpaired) electrons. The molecule has 1 aromatic heterocycles. The maximum Gasteiger partial charge on any atom is 0.272 e. The van der Waals surface area contributed by atoms with Gasteiger partial charge in [0, 0.05) is 31.2 Å². The van der Waals surface area contributed by atoms with E-state index in [1.807, 2.05) is 37.4 Å². The smallest absolute Gasteiger partial charge is 0.272 e. The predicted octanol–water partition coefficient (Wildman–Crippen LogP) is 3.15. The fourth-order valence-corrected chi connectivity index (χ4v) is 2.59. The monoisotopic (exact) mass is 283 g/mol. The van der Waals surface area contributed by atoms with Crippen molar-refractivity contribution in [2.24, 2.45) is 5.92 Å². The van der Waals surface area contributed by atoms with Crippen molar-refractivity contribution in [1.29, 1.82) is 0 Å². The first-order valence-electron chi connectivity index (χ1n) is 7.58. The number of para-hydroxylation sites is 1. The molecular weight excluding hydrogens is 262 g/mol. The highest BCUT2D eigenvalue weighted by molar-refractivity contribution is 5.99. The lowest BCUT2D eigenvalue weighted by Gasteiger charge is -2.17. The summed E-state index contributed by atoms with van der Waals surface area (Å²) in [5.41, 5.74) is 2.36. The number of benzene rings is 1. The van der Waals surface area contributed by atoms with Crippen molar-refractivity contribution < 1.29 is 4.79 Å². The molecule has 1 aliphatic rings. The zero-order valence-electron chi connectivity index (χ0n) is 12.6. The summed E-state index contributed by atoms with van der Waals surface area (Å²) in [6, 6.07) is 9.80. The van der Waals surface area contributed by atoms with Crippen molar-refractivity contribution in [3.05, 3.63) is 36.0 Å². The van der Waals surface area contributed by atoms with Crippen LogP contribution < -0.4 is 5.32 Å². The molecule has 1 N–H and O–H groups in total. The van der Waals surface area contributed by atoms with Crippen molar-refractivity contribution >= 4 is 22.5 Å². The molecule has 4 heteroatoms. The molecule has 0 atom stereocenters. The van der Waals surface area contributed by atoms with E-state index in [0.717, 1.165) is 29.7 Å². The van der Waals surface area contributed by atoms with Crippen molar-refractivity contribution in [2.45, 2.75) is 19.8 Å². The number of nitrogens with zero attached hydrogens (tertiary/aromatic N) is 2. The van der Waals surface area contributed by atoms with Crippen LogP contribution in [0.4, 0.5) is 5.69 Å². The van der Waals surface area contributed by atoms with Gasteiger partial charge in [-0.05, 0) is 37.8 Å². The molecule has 21 heavy (non-hydrogen) atoms. The van der Waals surface area contributed by atoms with Crippen LogP contribution in [0, 0.1) is 5.92 Å². The van der Waals surface area contributed by atoms with Gasteiger partial charge in [-0.2, -0.15) is 0 Å². The minimum absolute atomic E-state index is 0.00630. The summed E-state index contributed by atoms with van der Waals surface area (Å²) in [6.07, 6.45) is 2.48. The highest BCUT2D eigenvalue weighted by Crippen LogP contribution is 2.30. The van der Waals surface area contributed by atoms with E-state index in [-0.39, 0.29) is 5.91 Å². The molecule has 0 bridgehead atoms. The van der Waals surface area contributed by atoms with Crippen LogP contribution in [0.5, 0.6) is 0 Å². The third-order valence-electron chi connectivity index (χ3n) is 3.88. The maximum absolute atomic E-state index is 12.5. The third-order valence-corrected chi connectivity index (χ3v) is 3.88. The van der Waals surface area contributed by atoms with Gasteiger partial charge in [-0.3, -0.25) is 4.79 Å². The molecule has 1 fully saturated rings. The molecule has 1 aliphatic carbocycles. The SMILES string of the molecule is CCNc1cc(C(=O)N(C)CC2CC2)nc2ccccc12. The molecule has 1 saturated carbocycles. The van der Waals surface area contributed by atoms with Gasteiger partial charge in [0.25, 0.3) is 5.91 Å². The summed E-state index contributed by atoms with van der Waals surface area (Å²) in [5, 5.41) is 4.38. The largest absolute Gasteiger partial charge is 0.385 e. The van der Waals surface area contributed by atoms with Crippen LogP contribution in [0.3, 0.4) is 0 Å². The number of anilines is 1. The molecule has 3 rings (SSSR count). The topological polar surface area (TPSA) is 45.2 Å². The van der Waals surface area contributed by atoms with E-state index in [2.05, 4.69) is 17.2 Å². The normalized spacial score (nSPS) is 14.2. The number of rotatable bonds is 5. The Morgan fingerprint density at radius 2 is 2.14 bits per heavy atom. The van der Waals surface area contributed by atoms with E-state index in [4.69, 9.17) is 0 Å². The lowest BCUT2D eigenvalue weighted by molar-refractivity contribution is 0.0783. The van der Waals surface area contributed by atoms with Crippen LogP contribution in [-0.2, 0) is 0 Å². The lowest BCUT2D eigenvalue weighted by atomic mass is 10.1. The van der Waals surface area contributed by atoms with Crippen LogP contribution in [0.15, 0.2) is 30.3 Å².